The van der Waals surface area contributed by atoms with Crippen LogP contribution in [0.25, 0.3) is 10.9 Å². The van der Waals surface area contributed by atoms with Crippen molar-refractivity contribution in [2.75, 3.05) is 32.7 Å². The fourth-order valence-electron chi connectivity index (χ4n) is 5.10. The Bertz CT molecular complexity index is 881. The molecule has 1 N–H and O–H groups in total. The number of benzene rings is 1. The lowest BCUT2D eigenvalue weighted by Crippen LogP contribution is -2.40. The van der Waals surface area contributed by atoms with Gasteiger partial charge in [0.25, 0.3) is 0 Å². The van der Waals surface area contributed by atoms with Crippen LogP contribution in [0, 0.1) is 11.7 Å². The van der Waals surface area contributed by atoms with Gasteiger partial charge in [-0.1, -0.05) is 25.1 Å². The highest BCUT2D eigenvalue weighted by Gasteiger charge is 2.24. The summed E-state index contributed by atoms with van der Waals surface area (Å²) in [5, 5.41) is 4.00. The highest BCUT2D eigenvalue weighted by Crippen LogP contribution is 2.24. The van der Waals surface area contributed by atoms with Crippen molar-refractivity contribution in [1.82, 2.24) is 20.1 Å². The van der Waals surface area contributed by atoms with Gasteiger partial charge in [-0.15, -0.1) is 0 Å². The topological polar surface area (TPSA) is 48.5 Å². The average Bonchev–Trinajstić information content (AvgIpc) is 3.25. The van der Waals surface area contributed by atoms with Crippen LogP contribution in [0.5, 0.6) is 0 Å². The number of likely N-dealkylation sites (tertiary alicyclic amines) is 2. The third-order valence-electron chi connectivity index (χ3n) is 7.04. The first kappa shape index (κ1) is 22.2. The van der Waals surface area contributed by atoms with Gasteiger partial charge in [-0.05, 0) is 76.3 Å². The van der Waals surface area contributed by atoms with Gasteiger partial charge in [0.15, 0.2) is 0 Å². The molecule has 5 nitrogen and oxygen atoms in total. The highest BCUT2D eigenvalue weighted by molar-refractivity contribution is 5.79. The van der Waals surface area contributed by atoms with E-state index >= 15 is 0 Å². The van der Waals surface area contributed by atoms with E-state index in [-0.39, 0.29) is 11.7 Å². The van der Waals surface area contributed by atoms with Crippen LogP contribution in [0.4, 0.5) is 4.39 Å². The lowest BCUT2D eigenvalue weighted by molar-refractivity contribution is -0.121. The van der Waals surface area contributed by atoms with Crippen molar-refractivity contribution in [1.29, 1.82) is 0 Å². The minimum Gasteiger partial charge on any atom is -0.355 e. The molecule has 0 radical (unpaired) electrons. The Hall–Kier alpha value is -2.05. The number of para-hydroxylation sites is 1. The minimum atomic E-state index is -0.258. The molecule has 0 spiro atoms. The molecule has 0 unspecified atom stereocenters. The number of likely N-dealkylation sites (N-methyl/N-ethyl adjacent to an activating group) is 1. The average molecular weight is 427 g/mol. The summed E-state index contributed by atoms with van der Waals surface area (Å²) in [6.45, 7) is 8.01. The van der Waals surface area contributed by atoms with Crippen LogP contribution in [-0.4, -0.2) is 59.5 Å². The van der Waals surface area contributed by atoms with Gasteiger partial charge in [0.2, 0.25) is 5.91 Å². The number of carbonyl (C=O) groups is 1. The number of amides is 1. The summed E-state index contributed by atoms with van der Waals surface area (Å²) in [6.07, 6.45) is 6.28. The van der Waals surface area contributed by atoms with Crippen molar-refractivity contribution in [2.45, 2.75) is 58.0 Å². The second-order valence-electron chi connectivity index (χ2n) is 9.10. The summed E-state index contributed by atoms with van der Waals surface area (Å²) in [7, 11) is 0. The number of pyridine rings is 1. The van der Waals surface area contributed by atoms with Crippen molar-refractivity contribution >= 4 is 16.8 Å². The molecule has 0 saturated carbocycles. The van der Waals surface area contributed by atoms with Crippen LogP contribution < -0.4 is 5.32 Å². The van der Waals surface area contributed by atoms with Crippen molar-refractivity contribution in [3.8, 4) is 0 Å². The molecule has 0 bridgehead atoms. The molecule has 2 aliphatic rings. The Kier molecular flexibility index (Phi) is 7.51. The monoisotopic (exact) mass is 426 g/mol. The Balaban J connectivity index is 1.17. The summed E-state index contributed by atoms with van der Waals surface area (Å²) in [6, 6.07) is 9.56. The Morgan fingerprint density at radius 3 is 2.81 bits per heavy atom. The van der Waals surface area contributed by atoms with Crippen molar-refractivity contribution in [2.24, 2.45) is 5.92 Å². The molecule has 6 heteroatoms. The first-order valence-electron chi connectivity index (χ1n) is 11.9. The van der Waals surface area contributed by atoms with Crippen LogP contribution in [0.1, 0.15) is 51.1 Å². The van der Waals surface area contributed by atoms with Gasteiger partial charge in [-0.25, -0.2) is 9.37 Å². The molecule has 2 aliphatic heterocycles. The van der Waals surface area contributed by atoms with E-state index in [0.717, 1.165) is 63.1 Å². The first-order chi connectivity index (χ1) is 15.1. The van der Waals surface area contributed by atoms with E-state index in [1.807, 2.05) is 18.2 Å². The Labute approximate surface area is 185 Å². The normalized spacial score (nSPS) is 21.0. The number of rotatable bonds is 8. The summed E-state index contributed by atoms with van der Waals surface area (Å²) in [4.78, 5) is 21.7. The predicted octanol–water partition coefficient (Wildman–Crippen LogP) is 3.97. The van der Waals surface area contributed by atoms with Crippen LogP contribution in [-0.2, 0) is 11.3 Å². The molecule has 1 amide bonds. The molecule has 1 atom stereocenters. The van der Waals surface area contributed by atoms with Crippen LogP contribution >= 0.6 is 0 Å². The van der Waals surface area contributed by atoms with E-state index in [4.69, 9.17) is 0 Å². The zero-order valence-corrected chi connectivity index (χ0v) is 18.7. The van der Waals surface area contributed by atoms with Gasteiger partial charge in [0.1, 0.15) is 11.3 Å². The second kappa shape index (κ2) is 10.5. The number of hydrogen-bond donors (Lipinski definition) is 1. The van der Waals surface area contributed by atoms with Crippen LogP contribution in [0.3, 0.4) is 0 Å². The number of fused-ring (bicyclic) bond motifs is 1. The van der Waals surface area contributed by atoms with E-state index in [9.17, 15) is 9.18 Å². The third-order valence-corrected chi connectivity index (χ3v) is 7.04. The van der Waals surface area contributed by atoms with Crippen LogP contribution in [0.2, 0.25) is 0 Å². The minimum absolute atomic E-state index is 0.202. The van der Waals surface area contributed by atoms with Crippen molar-refractivity contribution in [3.05, 3.63) is 41.8 Å². The van der Waals surface area contributed by atoms with Gasteiger partial charge in [-0.3, -0.25) is 14.6 Å². The summed E-state index contributed by atoms with van der Waals surface area (Å²) < 4.78 is 14.0. The third kappa shape index (κ3) is 5.80. The molecular weight excluding hydrogens is 391 g/mol. The smallest absolute Gasteiger partial charge is 0.220 e. The largest absolute Gasteiger partial charge is 0.355 e. The van der Waals surface area contributed by atoms with E-state index in [1.165, 1.54) is 25.5 Å². The molecule has 3 heterocycles. The van der Waals surface area contributed by atoms with E-state index in [1.54, 1.807) is 6.07 Å². The lowest BCUT2D eigenvalue weighted by Gasteiger charge is -2.31. The number of carbonyl (C=O) groups excluding carboxylic acids is 1. The maximum Gasteiger partial charge on any atom is 0.220 e. The van der Waals surface area contributed by atoms with Gasteiger partial charge in [0, 0.05) is 30.9 Å². The molecule has 0 aliphatic carbocycles. The molecule has 2 fully saturated rings. The Morgan fingerprint density at radius 2 is 2.00 bits per heavy atom. The van der Waals surface area contributed by atoms with Gasteiger partial charge < -0.3 is 5.32 Å². The van der Waals surface area contributed by atoms with Crippen LogP contribution in [0.15, 0.2) is 30.3 Å². The zero-order valence-electron chi connectivity index (χ0n) is 18.7. The van der Waals surface area contributed by atoms with E-state index < -0.39 is 0 Å². The SMILES string of the molecule is CCN1CCC[C@@H]1CNC(=O)CCC1CCN(Cc2ccc3cccc(F)c3n2)CC1. The lowest BCUT2D eigenvalue weighted by atomic mass is 9.92. The number of nitrogens with zero attached hydrogens (tertiary/aromatic N) is 3. The molecule has 1 aromatic heterocycles. The van der Waals surface area contributed by atoms with E-state index in [0.29, 0.717) is 23.9 Å². The summed E-state index contributed by atoms with van der Waals surface area (Å²) in [5.74, 6) is 0.557. The second-order valence-corrected chi connectivity index (χ2v) is 9.10. The van der Waals surface area contributed by atoms with Gasteiger partial charge >= 0.3 is 0 Å². The van der Waals surface area contributed by atoms with Gasteiger partial charge in [0.05, 0.1) is 5.69 Å². The predicted molar refractivity (Wildman–Crippen MR) is 122 cm³/mol. The Morgan fingerprint density at radius 1 is 1.16 bits per heavy atom. The van der Waals surface area contributed by atoms with E-state index in [2.05, 4.69) is 27.0 Å². The van der Waals surface area contributed by atoms with Crippen molar-refractivity contribution in [3.63, 3.8) is 0 Å². The number of piperidine rings is 1. The number of halogens is 1. The zero-order chi connectivity index (χ0) is 21.6. The molecular formula is C25H35FN4O. The molecule has 1 aromatic carbocycles. The van der Waals surface area contributed by atoms with Gasteiger partial charge in [-0.2, -0.15) is 0 Å². The molecule has 4 rings (SSSR count). The summed E-state index contributed by atoms with van der Waals surface area (Å²) >= 11 is 0. The maximum atomic E-state index is 14.0. The molecule has 168 valence electrons. The summed E-state index contributed by atoms with van der Waals surface area (Å²) in [5.41, 5.74) is 1.38. The fourth-order valence-corrected chi connectivity index (χ4v) is 5.10. The van der Waals surface area contributed by atoms with Crippen molar-refractivity contribution < 1.29 is 9.18 Å². The fraction of sp³-hybridized carbons (Fsp3) is 0.600. The number of hydrogen-bond acceptors (Lipinski definition) is 4. The molecule has 31 heavy (non-hydrogen) atoms. The standard InChI is InChI=1S/C25H35FN4O/c1-2-30-14-4-6-22(30)17-27-24(31)11-8-19-12-15-29(16-13-19)18-21-10-9-20-5-3-7-23(26)25(20)28-21/h3,5,7,9-10,19,22H,2,4,6,8,11-18H2,1H3,(H,27,31)/t22-/m1/s1. The maximum absolute atomic E-state index is 14.0. The highest BCUT2D eigenvalue weighted by atomic mass is 19.1. The number of aromatic nitrogens is 1. The number of nitrogens with one attached hydrogen (secondary N) is 1. The quantitative estimate of drug-likeness (QED) is 0.694. The first-order valence-corrected chi connectivity index (χ1v) is 11.9. The molecule has 2 aromatic rings. The molecule has 2 saturated heterocycles.